The van der Waals surface area contributed by atoms with E-state index in [1.165, 1.54) is 24.3 Å². The van der Waals surface area contributed by atoms with E-state index in [-0.39, 0.29) is 11.3 Å². The van der Waals surface area contributed by atoms with Crippen LogP contribution in [0.25, 0.3) is 0 Å². The van der Waals surface area contributed by atoms with Crippen LogP contribution in [0.1, 0.15) is 36.0 Å². The Labute approximate surface area is 191 Å². The summed E-state index contributed by atoms with van der Waals surface area (Å²) in [5, 5.41) is 0. The van der Waals surface area contributed by atoms with Gasteiger partial charge in [-0.1, -0.05) is 13.2 Å². The number of unbranched alkanes of at least 4 members (excludes halogenated alkanes) is 3. The molecule has 2 aromatic rings. The highest BCUT2D eigenvalue weighted by atomic mass is 19.1. The van der Waals surface area contributed by atoms with Crippen molar-refractivity contribution in [2.75, 3.05) is 13.2 Å². The lowest BCUT2D eigenvalue weighted by Gasteiger charge is -2.08. The molecule has 0 spiro atoms. The molecule has 0 amide bonds. The molecule has 174 valence electrons. The van der Waals surface area contributed by atoms with Gasteiger partial charge in [0.2, 0.25) is 5.83 Å². The summed E-state index contributed by atoms with van der Waals surface area (Å²) in [6.45, 7) is 7.11. The predicted molar refractivity (Wildman–Crippen MR) is 119 cm³/mol. The van der Waals surface area contributed by atoms with Gasteiger partial charge in [0.05, 0.1) is 18.8 Å². The van der Waals surface area contributed by atoms with Crippen molar-refractivity contribution in [3.8, 4) is 17.2 Å². The fourth-order valence-corrected chi connectivity index (χ4v) is 2.57. The van der Waals surface area contributed by atoms with Gasteiger partial charge in [-0.15, -0.1) is 0 Å². The lowest BCUT2D eigenvalue weighted by atomic mass is 10.2. The molecule has 0 fully saturated rings. The summed E-state index contributed by atoms with van der Waals surface area (Å²) in [4.78, 5) is 34.3. The number of hydrogen-bond donors (Lipinski definition) is 0. The standard InChI is InChI=1S/C25H25FO7/c1-3-23(27)31-17-7-5-4-6-16-30-20-12-14-22(15-13-20)33-25(29)19-8-10-21(11-9-19)32-24(28)18(2)26/h3,8-15H,1-2,4-7,16-17H2. The lowest BCUT2D eigenvalue weighted by Crippen LogP contribution is -2.10. The number of halogens is 1. The molecule has 0 heterocycles. The van der Waals surface area contributed by atoms with Crippen molar-refractivity contribution in [1.29, 1.82) is 0 Å². The van der Waals surface area contributed by atoms with Gasteiger partial charge in [0.1, 0.15) is 17.2 Å². The molecule has 0 aliphatic rings. The van der Waals surface area contributed by atoms with Crippen LogP contribution in [0, 0.1) is 0 Å². The molecule has 2 aromatic carbocycles. The molecular formula is C25H25FO7. The van der Waals surface area contributed by atoms with Gasteiger partial charge in [-0.3, -0.25) is 0 Å². The van der Waals surface area contributed by atoms with Crippen LogP contribution in [-0.2, 0) is 14.3 Å². The summed E-state index contributed by atoms with van der Waals surface area (Å²) in [6, 6.07) is 12.1. The monoisotopic (exact) mass is 456 g/mol. The summed E-state index contributed by atoms with van der Waals surface area (Å²) in [5.41, 5.74) is 0.230. The summed E-state index contributed by atoms with van der Waals surface area (Å²) in [7, 11) is 0. The number of carbonyl (C=O) groups excluding carboxylic acids is 3. The second-order valence-corrected chi connectivity index (χ2v) is 6.81. The average molecular weight is 456 g/mol. The van der Waals surface area contributed by atoms with Gasteiger partial charge in [-0.05, 0) is 74.2 Å². The van der Waals surface area contributed by atoms with Gasteiger partial charge in [0.15, 0.2) is 0 Å². The van der Waals surface area contributed by atoms with E-state index in [0.29, 0.717) is 24.7 Å². The molecule has 2 rings (SSSR count). The van der Waals surface area contributed by atoms with Crippen LogP contribution in [-0.4, -0.2) is 31.1 Å². The molecule has 0 aliphatic heterocycles. The number of carbonyl (C=O) groups is 3. The van der Waals surface area contributed by atoms with Gasteiger partial charge in [0, 0.05) is 6.08 Å². The number of ether oxygens (including phenoxy) is 4. The molecule has 0 radical (unpaired) electrons. The van der Waals surface area contributed by atoms with E-state index in [9.17, 15) is 18.8 Å². The summed E-state index contributed by atoms with van der Waals surface area (Å²) < 4.78 is 33.3. The van der Waals surface area contributed by atoms with Crippen molar-refractivity contribution in [3.63, 3.8) is 0 Å². The Morgan fingerprint density at radius 3 is 1.94 bits per heavy atom. The lowest BCUT2D eigenvalue weighted by molar-refractivity contribution is -0.137. The Kier molecular flexibility index (Phi) is 10.3. The zero-order valence-electron chi connectivity index (χ0n) is 18.1. The molecule has 0 saturated carbocycles. The molecular weight excluding hydrogens is 431 g/mol. The fraction of sp³-hybridized carbons (Fsp3) is 0.240. The molecule has 8 heteroatoms. The first-order valence-corrected chi connectivity index (χ1v) is 10.3. The molecule has 0 aromatic heterocycles. The third-order valence-corrected chi connectivity index (χ3v) is 4.27. The number of hydrogen-bond acceptors (Lipinski definition) is 7. The number of rotatable bonds is 13. The van der Waals surface area contributed by atoms with E-state index in [1.807, 2.05) is 0 Å². The Hall–Kier alpha value is -3.94. The van der Waals surface area contributed by atoms with E-state index in [0.717, 1.165) is 31.8 Å². The van der Waals surface area contributed by atoms with Crippen molar-refractivity contribution in [2.24, 2.45) is 0 Å². The van der Waals surface area contributed by atoms with Crippen molar-refractivity contribution < 1.29 is 37.7 Å². The molecule has 0 N–H and O–H groups in total. The van der Waals surface area contributed by atoms with Gasteiger partial charge >= 0.3 is 17.9 Å². The smallest absolute Gasteiger partial charge is 0.371 e. The largest absolute Gasteiger partial charge is 0.494 e. The minimum Gasteiger partial charge on any atom is -0.494 e. The number of benzene rings is 2. The fourth-order valence-electron chi connectivity index (χ4n) is 2.57. The summed E-state index contributed by atoms with van der Waals surface area (Å²) >= 11 is 0. The predicted octanol–water partition coefficient (Wildman–Crippen LogP) is 4.96. The maximum atomic E-state index is 12.7. The molecule has 0 bridgehead atoms. The zero-order chi connectivity index (χ0) is 24.1. The molecule has 7 nitrogen and oxygen atoms in total. The van der Waals surface area contributed by atoms with E-state index in [4.69, 9.17) is 18.9 Å². The molecule has 0 saturated heterocycles. The van der Waals surface area contributed by atoms with Crippen LogP contribution >= 0.6 is 0 Å². The molecule has 0 atom stereocenters. The van der Waals surface area contributed by atoms with Crippen molar-refractivity contribution in [2.45, 2.75) is 25.7 Å². The van der Waals surface area contributed by atoms with Crippen LogP contribution in [0.4, 0.5) is 4.39 Å². The van der Waals surface area contributed by atoms with E-state index >= 15 is 0 Å². The zero-order valence-corrected chi connectivity index (χ0v) is 18.1. The van der Waals surface area contributed by atoms with E-state index in [2.05, 4.69) is 13.2 Å². The highest BCUT2D eigenvalue weighted by molar-refractivity contribution is 5.91. The highest BCUT2D eigenvalue weighted by Gasteiger charge is 2.12. The van der Waals surface area contributed by atoms with Crippen LogP contribution in [0.3, 0.4) is 0 Å². The second-order valence-electron chi connectivity index (χ2n) is 6.81. The Bertz CT molecular complexity index is 965. The van der Waals surface area contributed by atoms with Crippen molar-refractivity contribution >= 4 is 17.9 Å². The molecule has 0 aliphatic carbocycles. The average Bonchev–Trinajstić information content (AvgIpc) is 2.81. The second kappa shape index (κ2) is 13.5. The SMILES string of the molecule is C=CC(=O)OCCCCCCOc1ccc(OC(=O)c2ccc(OC(=O)C(=C)F)cc2)cc1. The number of esters is 3. The Balaban J connectivity index is 1.69. The van der Waals surface area contributed by atoms with Gasteiger partial charge in [0.25, 0.3) is 0 Å². The highest BCUT2D eigenvalue weighted by Crippen LogP contribution is 2.20. The maximum Gasteiger partial charge on any atom is 0.371 e. The molecule has 0 unspecified atom stereocenters. The van der Waals surface area contributed by atoms with Gasteiger partial charge < -0.3 is 18.9 Å². The first kappa shape index (κ1) is 25.3. The van der Waals surface area contributed by atoms with Crippen LogP contribution in [0.5, 0.6) is 17.2 Å². The minimum atomic E-state index is -1.21. The minimum absolute atomic E-state index is 0.0768. The summed E-state index contributed by atoms with van der Waals surface area (Å²) in [6.07, 6.45) is 4.67. The maximum absolute atomic E-state index is 12.7. The third-order valence-electron chi connectivity index (χ3n) is 4.27. The van der Waals surface area contributed by atoms with E-state index < -0.39 is 23.7 Å². The van der Waals surface area contributed by atoms with Gasteiger partial charge in [-0.25, -0.2) is 14.4 Å². The topological polar surface area (TPSA) is 88.1 Å². The Morgan fingerprint density at radius 1 is 0.788 bits per heavy atom. The van der Waals surface area contributed by atoms with E-state index in [1.54, 1.807) is 24.3 Å². The van der Waals surface area contributed by atoms with Crippen molar-refractivity contribution in [3.05, 3.63) is 79.2 Å². The van der Waals surface area contributed by atoms with Gasteiger partial charge in [-0.2, -0.15) is 4.39 Å². The van der Waals surface area contributed by atoms with Crippen LogP contribution < -0.4 is 14.2 Å². The first-order valence-electron chi connectivity index (χ1n) is 10.3. The van der Waals surface area contributed by atoms with Crippen molar-refractivity contribution in [1.82, 2.24) is 0 Å². The third kappa shape index (κ3) is 9.39. The molecule has 33 heavy (non-hydrogen) atoms. The quantitative estimate of drug-likeness (QED) is 0.182. The normalized spacial score (nSPS) is 10.1. The Morgan fingerprint density at radius 2 is 1.33 bits per heavy atom. The summed E-state index contributed by atoms with van der Waals surface area (Å²) in [5.74, 6) is -2.35. The van der Waals surface area contributed by atoms with Crippen LogP contribution in [0.2, 0.25) is 0 Å². The van der Waals surface area contributed by atoms with Crippen LogP contribution in [0.15, 0.2) is 73.6 Å². The first-order chi connectivity index (χ1) is 15.9.